The third kappa shape index (κ3) is 4.67. The molecule has 0 aromatic rings. The van der Waals surface area contributed by atoms with Gasteiger partial charge in [-0.3, -0.25) is 0 Å². The summed E-state index contributed by atoms with van der Waals surface area (Å²) in [5.41, 5.74) is 1.24. The van der Waals surface area contributed by atoms with Crippen molar-refractivity contribution in [3.05, 3.63) is 23.8 Å². The number of hydrogen-bond donors (Lipinski definition) is 1. The van der Waals surface area contributed by atoms with Crippen LogP contribution in [0.4, 0.5) is 0 Å². The summed E-state index contributed by atoms with van der Waals surface area (Å²) in [6.07, 6.45) is 14.9. The minimum atomic E-state index is -0.304. The van der Waals surface area contributed by atoms with Gasteiger partial charge in [-0.25, -0.2) is 0 Å². The van der Waals surface area contributed by atoms with Crippen molar-refractivity contribution in [3.63, 3.8) is 0 Å². The van der Waals surface area contributed by atoms with Gasteiger partial charge in [-0.2, -0.15) is 0 Å². The number of allylic oxidation sites excluding steroid dienone is 2. The van der Waals surface area contributed by atoms with Crippen molar-refractivity contribution in [2.75, 3.05) is 0 Å². The van der Waals surface area contributed by atoms with Gasteiger partial charge in [0, 0.05) is 5.41 Å². The van der Waals surface area contributed by atoms with E-state index >= 15 is 0 Å². The Kier molecular flexibility index (Phi) is 5.97. The van der Waals surface area contributed by atoms with Gasteiger partial charge in [0.05, 0.1) is 6.10 Å². The fourth-order valence-electron chi connectivity index (χ4n) is 2.62. The highest BCUT2D eigenvalue weighted by atomic mass is 16.3. The van der Waals surface area contributed by atoms with Crippen LogP contribution in [0.2, 0.25) is 0 Å². The third-order valence-electron chi connectivity index (χ3n) is 3.84. The van der Waals surface area contributed by atoms with Gasteiger partial charge in [0.25, 0.3) is 0 Å². The molecular weight excluding hydrogens is 208 g/mol. The molecule has 0 spiro atoms. The molecule has 0 saturated carbocycles. The van der Waals surface area contributed by atoms with Crippen LogP contribution in [0.5, 0.6) is 0 Å². The van der Waals surface area contributed by atoms with Crippen molar-refractivity contribution in [1.82, 2.24) is 0 Å². The first-order valence-electron chi connectivity index (χ1n) is 7.14. The van der Waals surface area contributed by atoms with Crippen LogP contribution in [0.3, 0.4) is 0 Å². The van der Waals surface area contributed by atoms with E-state index in [0.29, 0.717) is 0 Å². The Hall–Kier alpha value is -0.560. The second-order valence-corrected chi connectivity index (χ2v) is 5.72. The summed E-state index contributed by atoms with van der Waals surface area (Å²) < 4.78 is 0. The van der Waals surface area contributed by atoms with Gasteiger partial charge in [-0.05, 0) is 13.3 Å². The van der Waals surface area contributed by atoms with Gasteiger partial charge in [-0.1, -0.05) is 76.2 Å². The monoisotopic (exact) mass is 236 g/mol. The number of aliphatic hydroxyl groups is 1. The highest BCUT2D eigenvalue weighted by Crippen LogP contribution is 2.35. The van der Waals surface area contributed by atoms with Gasteiger partial charge >= 0.3 is 0 Å². The van der Waals surface area contributed by atoms with Gasteiger partial charge < -0.3 is 5.11 Å². The molecule has 1 aliphatic carbocycles. The number of aliphatic hydroxyl groups excluding tert-OH is 1. The molecule has 0 bridgehead atoms. The zero-order chi connectivity index (χ0) is 12.7. The van der Waals surface area contributed by atoms with Gasteiger partial charge in [0.2, 0.25) is 0 Å². The highest BCUT2D eigenvalue weighted by Gasteiger charge is 2.30. The maximum absolute atomic E-state index is 10.1. The first-order chi connectivity index (χ1) is 8.08. The van der Waals surface area contributed by atoms with Crippen molar-refractivity contribution in [3.8, 4) is 0 Å². The molecule has 98 valence electrons. The smallest absolute Gasteiger partial charge is 0.0812 e. The standard InChI is InChI=1S/C16H28O/c1-4-5-6-7-8-9-12-16(3)13-14(2)10-11-15(16)17/h10-11,13,15,17H,4-9,12H2,1-3H3. The van der Waals surface area contributed by atoms with E-state index in [2.05, 4.69) is 26.8 Å². The molecular formula is C16H28O. The van der Waals surface area contributed by atoms with Crippen molar-refractivity contribution in [2.45, 2.75) is 71.8 Å². The fraction of sp³-hybridized carbons (Fsp3) is 0.750. The SMILES string of the molecule is CCCCCCCCC1(C)C=C(C)C=CC1O. The van der Waals surface area contributed by atoms with Gasteiger partial charge in [-0.15, -0.1) is 0 Å². The molecule has 1 aliphatic rings. The van der Waals surface area contributed by atoms with Crippen LogP contribution < -0.4 is 0 Å². The predicted octanol–water partition coefficient (Wildman–Crippen LogP) is 4.62. The first kappa shape index (κ1) is 14.5. The lowest BCUT2D eigenvalue weighted by molar-refractivity contribution is 0.101. The number of rotatable bonds is 7. The topological polar surface area (TPSA) is 20.2 Å². The second kappa shape index (κ2) is 7.00. The Labute approximate surface area is 107 Å². The molecule has 0 heterocycles. The van der Waals surface area contributed by atoms with E-state index in [1.54, 1.807) is 0 Å². The molecule has 1 N–H and O–H groups in total. The third-order valence-corrected chi connectivity index (χ3v) is 3.84. The summed E-state index contributed by atoms with van der Waals surface area (Å²) in [6, 6.07) is 0. The van der Waals surface area contributed by atoms with Crippen molar-refractivity contribution < 1.29 is 5.11 Å². The molecule has 1 nitrogen and oxygen atoms in total. The Morgan fingerprint density at radius 1 is 1.18 bits per heavy atom. The maximum Gasteiger partial charge on any atom is 0.0812 e. The second-order valence-electron chi connectivity index (χ2n) is 5.72. The minimum absolute atomic E-state index is 0.0381. The summed E-state index contributed by atoms with van der Waals surface area (Å²) >= 11 is 0. The molecule has 1 rings (SSSR count). The van der Waals surface area contributed by atoms with E-state index in [1.165, 1.54) is 44.1 Å². The van der Waals surface area contributed by atoms with Crippen LogP contribution in [0.1, 0.15) is 65.7 Å². The molecule has 0 aromatic carbocycles. The largest absolute Gasteiger partial charge is 0.388 e. The molecule has 0 radical (unpaired) electrons. The summed E-state index contributed by atoms with van der Waals surface area (Å²) in [7, 11) is 0. The number of hydrogen-bond acceptors (Lipinski definition) is 1. The molecule has 0 saturated heterocycles. The average Bonchev–Trinajstić information content (AvgIpc) is 2.29. The Balaban J connectivity index is 2.27. The molecule has 17 heavy (non-hydrogen) atoms. The highest BCUT2D eigenvalue weighted by molar-refractivity contribution is 5.27. The zero-order valence-corrected chi connectivity index (χ0v) is 11.7. The average molecular weight is 236 g/mol. The summed E-state index contributed by atoms with van der Waals surface area (Å²) in [6.45, 7) is 6.54. The molecule has 1 heteroatoms. The molecule has 0 amide bonds. The molecule has 2 atom stereocenters. The lowest BCUT2D eigenvalue weighted by atomic mass is 9.75. The van der Waals surface area contributed by atoms with Gasteiger partial charge in [0.1, 0.15) is 0 Å². The number of unbranched alkanes of at least 4 members (excludes halogenated alkanes) is 5. The normalized spacial score (nSPS) is 28.2. The van der Waals surface area contributed by atoms with E-state index in [1.807, 2.05) is 12.2 Å². The fourth-order valence-corrected chi connectivity index (χ4v) is 2.62. The summed E-state index contributed by atoms with van der Waals surface area (Å²) in [5.74, 6) is 0. The van der Waals surface area contributed by atoms with Crippen LogP contribution >= 0.6 is 0 Å². The molecule has 0 aliphatic heterocycles. The Morgan fingerprint density at radius 3 is 2.53 bits per heavy atom. The van der Waals surface area contributed by atoms with E-state index in [0.717, 1.165) is 6.42 Å². The van der Waals surface area contributed by atoms with E-state index in [9.17, 15) is 5.11 Å². The van der Waals surface area contributed by atoms with Crippen LogP contribution in [0, 0.1) is 5.41 Å². The van der Waals surface area contributed by atoms with Crippen molar-refractivity contribution in [1.29, 1.82) is 0 Å². The van der Waals surface area contributed by atoms with E-state index in [-0.39, 0.29) is 11.5 Å². The molecule has 0 aromatic heterocycles. The van der Waals surface area contributed by atoms with Crippen LogP contribution in [0.25, 0.3) is 0 Å². The summed E-state index contributed by atoms with van der Waals surface area (Å²) in [4.78, 5) is 0. The predicted molar refractivity (Wildman–Crippen MR) is 75.0 cm³/mol. The lowest BCUT2D eigenvalue weighted by Crippen LogP contribution is -2.30. The van der Waals surface area contributed by atoms with E-state index < -0.39 is 0 Å². The van der Waals surface area contributed by atoms with Crippen molar-refractivity contribution in [2.24, 2.45) is 5.41 Å². The molecule has 2 unspecified atom stereocenters. The van der Waals surface area contributed by atoms with Crippen LogP contribution in [0.15, 0.2) is 23.8 Å². The first-order valence-corrected chi connectivity index (χ1v) is 7.14. The van der Waals surface area contributed by atoms with Crippen LogP contribution in [-0.4, -0.2) is 11.2 Å². The van der Waals surface area contributed by atoms with Crippen LogP contribution in [-0.2, 0) is 0 Å². The lowest BCUT2D eigenvalue weighted by Gasteiger charge is -2.33. The maximum atomic E-state index is 10.1. The van der Waals surface area contributed by atoms with Gasteiger partial charge in [0.15, 0.2) is 0 Å². The Bertz CT molecular complexity index is 277. The van der Waals surface area contributed by atoms with Crippen molar-refractivity contribution >= 4 is 0 Å². The zero-order valence-electron chi connectivity index (χ0n) is 11.7. The van der Waals surface area contributed by atoms with E-state index in [4.69, 9.17) is 0 Å². The molecule has 0 fully saturated rings. The summed E-state index contributed by atoms with van der Waals surface area (Å²) in [5, 5.41) is 10.1. The minimum Gasteiger partial charge on any atom is -0.388 e. The quantitative estimate of drug-likeness (QED) is 0.639. The Morgan fingerprint density at radius 2 is 1.82 bits per heavy atom.